The summed E-state index contributed by atoms with van der Waals surface area (Å²) in [4.78, 5) is 36.8. The molecule has 2 N–H and O–H groups in total. The SMILES string of the molecule is C=C1C[C@@H]2C/C=C/C(=O)C/C(C)=C\C=C\C(=O)O[C@H]([C@H](O)NC(=O)/C=C\C=C\C)C/C(C)=C/[C@H](C1)O2. The molecule has 4 atom stereocenters. The molecule has 2 heterocycles. The lowest BCUT2D eigenvalue weighted by molar-refractivity contribution is -0.151. The van der Waals surface area contributed by atoms with E-state index in [-0.39, 0.29) is 30.8 Å². The van der Waals surface area contributed by atoms with Gasteiger partial charge in [-0.15, -0.1) is 0 Å². The summed E-state index contributed by atoms with van der Waals surface area (Å²) >= 11 is 0. The van der Waals surface area contributed by atoms with E-state index in [4.69, 9.17) is 9.47 Å². The van der Waals surface area contributed by atoms with E-state index in [1.54, 1.807) is 37.3 Å². The van der Waals surface area contributed by atoms with Crippen LogP contribution in [0.1, 0.15) is 52.9 Å². The lowest BCUT2D eigenvalue weighted by Gasteiger charge is -2.30. The van der Waals surface area contributed by atoms with Gasteiger partial charge in [0.2, 0.25) is 5.91 Å². The summed E-state index contributed by atoms with van der Waals surface area (Å²) in [5, 5.41) is 13.1. The first-order chi connectivity index (χ1) is 17.2. The van der Waals surface area contributed by atoms with Gasteiger partial charge in [-0.1, -0.05) is 65.8 Å². The summed E-state index contributed by atoms with van der Waals surface area (Å²) in [5.41, 5.74) is 2.67. The van der Waals surface area contributed by atoms with Crippen LogP contribution >= 0.6 is 0 Å². The molecule has 0 unspecified atom stereocenters. The third kappa shape index (κ3) is 11.0. The Morgan fingerprint density at radius 1 is 1.17 bits per heavy atom. The molecule has 0 aromatic heterocycles. The molecule has 2 rings (SSSR count). The Morgan fingerprint density at radius 3 is 2.69 bits per heavy atom. The summed E-state index contributed by atoms with van der Waals surface area (Å²) in [7, 11) is 0. The third-order valence-electron chi connectivity index (χ3n) is 5.60. The van der Waals surface area contributed by atoms with Crippen LogP contribution in [0.3, 0.4) is 0 Å². The number of nitrogens with one attached hydrogen (secondary N) is 1. The zero-order chi connectivity index (χ0) is 26.5. The van der Waals surface area contributed by atoms with E-state index in [9.17, 15) is 19.5 Å². The van der Waals surface area contributed by atoms with E-state index in [1.165, 1.54) is 18.2 Å². The molecule has 1 saturated heterocycles. The van der Waals surface area contributed by atoms with Gasteiger partial charge in [-0.3, -0.25) is 9.59 Å². The molecular weight excluding hydrogens is 458 g/mol. The lowest BCUT2D eigenvalue weighted by Crippen LogP contribution is -2.44. The van der Waals surface area contributed by atoms with Gasteiger partial charge in [0, 0.05) is 25.0 Å². The molecule has 7 nitrogen and oxygen atoms in total. The van der Waals surface area contributed by atoms with Crippen LogP contribution < -0.4 is 5.32 Å². The van der Waals surface area contributed by atoms with Crippen molar-refractivity contribution in [1.29, 1.82) is 0 Å². The minimum absolute atomic E-state index is 0.0369. The first-order valence-corrected chi connectivity index (χ1v) is 12.2. The van der Waals surface area contributed by atoms with Gasteiger partial charge in [-0.25, -0.2) is 4.79 Å². The van der Waals surface area contributed by atoms with E-state index in [0.29, 0.717) is 12.8 Å². The number of ketones is 1. The van der Waals surface area contributed by atoms with Gasteiger partial charge in [-0.05, 0) is 46.1 Å². The number of amides is 1. The van der Waals surface area contributed by atoms with Gasteiger partial charge in [0.25, 0.3) is 0 Å². The van der Waals surface area contributed by atoms with Crippen LogP contribution in [0.15, 0.2) is 84.1 Å². The number of cyclic esters (lactones) is 1. The highest BCUT2D eigenvalue weighted by molar-refractivity contribution is 5.91. The molecule has 194 valence electrons. The van der Waals surface area contributed by atoms with Crippen molar-refractivity contribution >= 4 is 17.7 Å². The monoisotopic (exact) mass is 495 g/mol. The van der Waals surface area contributed by atoms with Crippen molar-refractivity contribution in [3.8, 4) is 0 Å². The molecular formula is C29H37NO6. The minimum atomic E-state index is -1.42. The zero-order valence-corrected chi connectivity index (χ0v) is 21.3. The molecule has 2 aliphatic heterocycles. The summed E-state index contributed by atoms with van der Waals surface area (Å²) < 4.78 is 11.7. The van der Waals surface area contributed by atoms with Gasteiger partial charge in [0.05, 0.1) is 12.2 Å². The molecule has 0 aromatic carbocycles. The first kappa shape index (κ1) is 28.9. The van der Waals surface area contributed by atoms with Crippen molar-refractivity contribution in [1.82, 2.24) is 5.32 Å². The fourth-order valence-electron chi connectivity index (χ4n) is 3.96. The van der Waals surface area contributed by atoms with Crippen molar-refractivity contribution in [2.75, 3.05) is 0 Å². The second-order valence-corrected chi connectivity index (χ2v) is 9.14. The largest absolute Gasteiger partial charge is 0.454 e. The molecule has 7 heteroatoms. The molecule has 0 radical (unpaired) electrons. The van der Waals surface area contributed by atoms with Gasteiger partial charge < -0.3 is 19.9 Å². The molecule has 0 aliphatic carbocycles. The van der Waals surface area contributed by atoms with Crippen molar-refractivity contribution in [2.45, 2.75) is 77.4 Å². The van der Waals surface area contributed by atoms with Gasteiger partial charge in [0.1, 0.15) is 0 Å². The molecule has 0 spiro atoms. The van der Waals surface area contributed by atoms with Crippen LogP contribution in [0, 0.1) is 0 Å². The summed E-state index contributed by atoms with van der Waals surface area (Å²) in [5.74, 6) is -1.23. The van der Waals surface area contributed by atoms with Crippen LogP contribution in [0.25, 0.3) is 0 Å². The Kier molecular flexibility index (Phi) is 12.0. The molecule has 1 amide bonds. The number of allylic oxidation sites excluding steroid dienone is 7. The van der Waals surface area contributed by atoms with Crippen molar-refractivity contribution in [3.05, 3.63) is 84.1 Å². The second-order valence-electron chi connectivity index (χ2n) is 9.14. The average molecular weight is 496 g/mol. The van der Waals surface area contributed by atoms with E-state index in [2.05, 4.69) is 11.9 Å². The minimum Gasteiger partial charge on any atom is -0.454 e. The fraction of sp³-hybridized carbons (Fsp3) is 0.414. The Balaban J connectivity index is 2.28. The number of fused-ring (bicyclic) bond motifs is 2. The highest BCUT2D eigenvalue weighted by Crippen LogP contribution is 2.27. The molecule has 0 aromatic rings. The van der Waals surface area contributed by atoms with Gasteiger partial charge in [0.15, 0.2) is 18.1 Å². The van der Waals surface area contributed by atoms with E-state index >= 15 is 0 Å². The van der Waals surface area contributed by atoms with Crippen LogP contribution in [-0.2, 0) is 23.9 Å². The zero-order valence-electron chi connectivity index (χ0n) is 21.3. The van der Waals surface area contributed by atoms with Crippen LogP contribution in [0.5, 0.6) is 0 Å². The van der Waals surface area contributed by atoms with E-state index < -0.39 is 24.2 Å². The van der Waals surface area contributed by atoms with E-state index in [1.807, 2.05) is 26.0 Å². The third-order valence-corrected chi connectivity index (χ3v) is 5.60. The van der Waals surface area contributed by atoms with Gasteiger partial charge in [-0.2, -0.15) is 0 Å². The number of carbonyl (C=O) groups is 3. The smallest absolute Gasteiger partial charge is 0.331 e. The van der Waals surface area contributed by atoms with Crippen LogP contribution in [-0.4, -0.2) is 47.3 Å². The molecule has 2 aliphatic rings. The number of aliphatic hydroxyl groups excluding tert-OH is 1. The predicted octanol–water partition coefficient (Wildman–Crippen LogP) is 4.33. The number of ether oxygens (including phenoxy) is 2. The average Bonchev–Trinajstić information content (AvgIpc) is 2.77. The molecule has 2 bridgehead atoms. The Morgan fingerprint density at radius 2 is 1.94 bits per heavy atom. The Bertz CT molecular complexity index is 997. The lowest BCUT2D eigenvalue weighted by atomic mass is 9.95. The standard InChI is InChI=1S/C29H37NO6/c1-5-6-7-13-27(32)30-29(34)26-19-22(4)18-25-17-21(3)16-24(35-25)12-9-11-23(31)15-20(2)10-8-14-28(33)36-26/h5-11,13-14,18,24-26,29,34H,3,12,15-17,19H2,1-2,4H3,(H,30,32)/b6-5+,11-9+,13-7-,14-8+,20-10-,22-18+/t24-,25-,26-,29-/m0/s1. The summed E-state index contributed by atoms with van der Waals surface area (Å²) in [6, 6.07) is 0. The van der Waals surface area contributed by atoms with Crippen LogP contribution in [0.2, 0.25) is 0 Å². The Labute approximate surface area is 213 Å². The quantitative estimate of drug-likeness (QED) is 0.198. The number of rotatable bonds is 4. The normalized spacial score (nSPS) is 30.3. The first-order valence-electron chi connectivity index (χ1n) is 12.2. The second kappa shape index (κ2) is 15.0. The molecule has 0 saturated carbocycles. The summed E-state index contributed by atoms with van der Waals surface area (Å²) in [6.45, 7) is 9.61. The maximum absolute atomic E-state index is 12.5. The Hall–Kier alpha value is -3.29. The highest BCUT2D eigenvalue weighted by atomic mass is 16.6. The maximum atomic E-state index is 12.5. The van der Waals surface area contributed by atoms with Crippen molar-refractivity contribution in [2.24, 2.45) is 0 Å². The number of hydrogen-bond donors (Lipinski definition) is 2. The highest BCUT2D eigenvalue weighted by Gasteiger charge is 2.26. The van der Waals surface area contributed by atoms with E-state index in [0.717, 1.165) is 23.1 Å². The van der Waals surface area contributed by atoms with Crippen LogP contribution in [0.4, 0.5) is 0 Å². The molecule has 36 heavy (non-hydrogen) atoms. The number of aliphatic hydroxyl groups is 1. The molecule has 1 fully saturated rings. The predicted molar refractivity (Wildman–Crippen MR) is 140 cm³/mol. The summed E-state index contributed by atoms with van der Waals surface area (Å²) in [6.07, 6.45) is 15.6. The topological polar surface area (TPSA) is 102 Å². The van der Waals surface area contributed by atoms with Gasteiger partial charge >= 0.3 is 5.97 Å². The van der Waals surface area contributed by atoms with Crippen molar-refractivity contribution < 1.29 is 29.0 Å². The van der Waals surface area contributed by atoms with Crippen molar-refractivity contribution in [3.63, 3.8) is 0 Å². The number of carbonyl (C=O) groups excluding carboxylic acids is 3. The number of hydrogen-bond acceptors (Lipinski definition) is 6. The fourth-order valence-corrected chi connectivity index (χ4v) is 3.96. The number of esters is 1. The maximum Gasteiger partial charge on any atom is 0.331 e.